The molecule has 0 atom stereocenters. The number of nitrogens with zero attached hydrogens (tertiary/aromatic N) is 8. The minimum atomic E-state index is -0.865. The molecule has 6 aromatic heterocycles. The maximum absolute atomic E-state index is 6.06. The number of fused-ring (bicyclic) bond motifs is 21. The van der Waals surface area contributed by atoms with E-state index >= 15 is 0 Å². The molecule has 0 fully saturated rings. The molecule has 2 aliphatic carbocycles. The van der Waals surface area contributed by atoms with Gasteiger partial charge >= 0.3 is 0 Å². The van der Waals surface area contributed by atoms with E-state index in [4.69, 9.17) is 19.9 Å². The lowest BCUT2D eigenvalue weighted by Crippen LogP contribution is -2.29. The van der Waals surface area contributed by atoms with Crippen LogP contribution in [0.25, 0.3) is 178 Å². The molecule has 0 radical (unpaired) electrons. The first-order chi connectivity index (χ1) is 59.6. The zero-order chi connectivity index (χ0) is 78.7. The molecule has 0 spiro atoms. The highest BCUT2D eigenvalue weighted by Crippen LogP contribution is 2.63. The zero-order valence-electron chi connectivity index (χ0n) is 65.0. The van der Waals surface area contributed by atoms with E-state index in [1.165, 1.54) is 44.5 Å². The molecule has 558 valence electrons. The van der Waals surface area contributed by atoms with Gasteiger partial charge in [0.2, 0.25) is 5.95 Å². The Hall–Kier alpha value is -15.9. The molecule has 0 bridgehead atoms. The fourth-order valence-electron chi connectivity index (χ4n) is 21.0. The summed E-state index contributed by atoms with van der Waals surface area (Å²) >= 11 is 0. The fourth-order valence-corrected chi connectivity index (χ4v) is 21.0. The van der Waals surface area contributed by atoms with E-state index in [0.29, 0.717) is 11.8 Å². The van der Waals surface area contributed by atoms with Gasteiger partial charge in [0.05, 0.1) is 66.4 Å². The van der Waals surface area contributed by atoms with Crippen LogP contribution in [0.1, 0.15) is 44.5 Å². The number of rotatable bonds is 12. The fraction of sp³-hybridized carbons (Fsp3) is 0.0179. The topological polar surface area (TPSA) is 71.3 Å². The number of para-hydroxylation sites is 4. The lowest BCUT2D eigenvalue weighted by Gasteiger charge is -2.35. The first kappa shape index (κ1) is 67.4. The van der Waals surface area contributed by atoms with Gasteiger partial charge in [0.1, 0.15) is 11.6 Å². The van der Waals surface area contributed by atoms with Crippen molar-refractivity contribution in [1.29, 1.82) is 0 Å². The second-order valence-corrected chi connectivity index (χ2v) is 31.8. The van der Waals surface area contributed by atoms with Gasteiger partial charge in [0.25, 0.3) is 0 Å². The van der Waals surface area contributed by atoms with Gasteiger partial charge in [-0.1, -0.05) is 370 Å². The van der Waals surface area contributed by atoms with Crippen molar-refractivity contribution >= 4 is 87.2 Å². The number of aromatic nitrogens is 8. The molecule has 23 aromatic rings. The van der Waals surface area contributed by atoms with Crippen LogP contribution in [0.15, 0.2) is 425 Å². The molecule has 0 aliphatic heterocycles. The van der Waals surface area contributed by atoms with Gasteiger partial charge in [0, 0.05) is 82.7 Å². The Balaban J connectivity index is 0.818. The summed E-state index contributed by atoms with van der Waals surface area (Å²) in [6.07, 6.45) is 0. The molecular weight excluding hydrogens is 1460 g/mol. The van der Waals surface area contributed by atoms with Crippen LogP contribution in [0, 0.1) is 0 Å². The molecule has 0 amide bonds. The third kappa shape index (κ3) is 9.58. The van der Waals surface area contributed by atoms with E-state index in [0.717, 1.165) is 166 Å². The quantitative estimate of drug-likeness (QED) is 0.122. The van der Waals surface area contributed by atoms with Gasteiger partial charge in [-0.3, -0.25) is 13.7 Å². The Morgan fingerprint density at radius 1 is 0.208 bits per heavy atom. The number of benzene rings is 17. The summed E-state index contributed by atoms with van der Waals surface area (Å²) in [5, 5.41) is 8.89. The Morgan fingerprint density at radius 3 is 1.12 bits per heavy atom. The van der Waals surface area contributed by atoms with Crippen LogP contribution < -0.4 is 0 Å². The maximum Gasteiger partial charge on any atom is 0.235 e. The third-order valence-corrected chi connectivity index (χ3v) is 25.7. The Labute approximate surface area is 691 Å². The van der Waals surface area contributed by atoms with Crippen molar-refractivity contribution in [3.63, 3.8) is 0 Å². The molecule has 25 rings (SSSR count). The lowest BCUT2D eigenvalue weighted by molar-refractivity contribution is 0.770. The molecule has 2 aliphatic rings. The van der Waals surface area contributed by atoms with Crippen molar-refractivity contribution in [2.24, 2.45) is 0 Å². The monoisotopic (exact) mass is 1530 g/mol. The highest BCUT2D eigenvalue weighted by Gasteiger charge is 2.51. The normalized spacial score (nSPS) is 13.1. The Kier molecular flexibility index (Phi) is 14.8. The van der Waals surface area contributed by atoms with Gasteiger partial charge in [-0.25, -0.2) is 19.9 Å². The predicted molar refractivity (Wildman–Crippen MR) is 491 cm³/mol. The van der Waals surface area contributed by atoms with Gasteiger partial charge in [-0.05, 0) is 115 Å². The highest BCUT2D eigenvalue weighted by atomic mass is 15.2. The summed E-state index contributed by atoms with van der Waals surface area (Å²) in [5.74, 6) is 2.65. The standard InChI is InChI=1S/C112H70N8/c1-9-35-71(36-10-1)94-69-95(72-37-11-2-12-38-72)114-110(113-94)120-97-59-33-28-54-83(97)87-65-66-88-84-62-61-74(67-99(84)117(106(88)107(87)120)79-49-23-8-24-50-79)90-68-91-81-52-26-31-57-93(81)112(77-45-19-6-20-46-77,78-47-21-7-22-48-78)104(91)108-102(90)89-55-29-34-60-98(89)119(108)101-70-100(115-109(116-101)73-39-13-3-14-40-73)118-96-58-32-27-53-82(96)86-64-63-85-80-51-25-30-56-92(80)111(103(85)105(86)118,75-41-15-4-16-42-75)76-43-17-5-18-44-76/h1-70H. The van der Waals surface area contributed by atoms with Crippen LogP contribution in [0.3, 0.4) is 0 Å². The number of hydrogen-bond donors (Lipinski definition) is 0. The van der Waals surface area contributed by atoms with Gasteiger partial charge < -0.3 is 4.57 Å². The van der Waals surface area contributed by atoms with Gasteiger partial charge in [-0.15, -0.1) is 0 Å². The third-order valence-electron chi connectivity index (χ3n) is 25.7. The van der Waals surface area contributed by atoms with E-state index < -0.39 is 10.8 Å². The van der Waals surface area contributed by atoms with E-state index in [1.54, 1.807) is 0 Å². The van der Waals surface area contributed by atoms with Crippen LogP contribution in [0.5, 0.6) is 0 Å². The first-order valence-electron chi connectivity index (χ1n) is 41.2. The van der Waals surface area contributed by atoms with Crippen LogP contribution in [-0.4, -0.2) is 38.2 Å². The molecule has 17 aromatic carbocycles. The van der Waals surface area contributed by atoms with Crippen molar-refractivity contribution in [2.45, 2.75) is 10.8 Å². The second-order valence-electron chi connectivity index (χ2n) is 31.8. The van der Waals surface area contributed by atoms with E-state index in [1.807, 2.05) is 0 Å². The van der Waals surface area contributed by atoms with Gasteiger partial charge in [0.15, 0.2) is 5.82 Å². The average molecular weight is 1530 g/mol. The maximum atomic E-state index is 6.06. The highest BCUT2D eigenvalue weighted by molar-refractivity contribution is 6.26. The van der Waals surface area contributed by atoms with Crippen molar-refractivity contribution in [2.75, 3.05) is 0 Å². The van der Waals surface area contributed by atoms with E-state index in [9.17, 15) is 0 Å². The summed E-state index contributed by atoms with van der Waals surface area (Å²) in [5.41, 5.74) is 28.7. The largest absolute Gasteiger partial charge is 0.307 e. The minimum absolute atomic E-state index is 0.586. The molecule has 0 saturated heterocycles. The Morgan fingerprint density at radius 2 is 0.592 bits per heavy atom. The second kappa shape index (κ2) is 26.3. The molecule has 0 unspecified atom stereocenters. The molecule has 8 nitrogen and oxygen atoms in total. The summed E-state index contributed by atoms with van der Waals surface area (Å²) in [7, 11) is 0. The van der Waals surface area contributed by atoms with E-state index in [2.05, 4.69) is 443 Å². The van der Waals surface area contributed by atoms with Gasteiger partial charge in [-0.2, -0.15) is 0 Å². The smallest absolute Gasteiger partial charge is 0.235 e. The SMILES string of the molecule is c1ccc(-c2cc(-c3ccccc3)nc(-n3c4ccccc4c4ccc5c6ccc(-c7cc8c(c9c7c7ccccc7n9-c7cc(-n9c%10ccccc%10c%10ccc%11c(c%109)C(c9ccccc9)(c9ccccc9)c9ccccc9-%11)nc(-c9ccccc9)n7)C(c7ccccc7)(c7ccccc7)c7ccccc7-8)cc6n(-c6ccccc6)c5c43)n2)cc1. The van der Waals surface area contributed by atoms with E-state index in [-0.39, 0.29) is 0 Å². The van der Waals surface area contributed by atoms with Crippen LogP contribution in [-0.2, 0) is 10.8 Å². The van der Waals surface area contributed by atoms with Crippen LogP contribution >= 0.6 is 0 Å². The number of hydrogen-bond acceptors (Lipinski definition) is 4. The zero-order valence-corrected chi connectivity index (χ0v) is 65.0. The van der Waals surface area contributed by atoms with Crippen molar-refractivity contribution in [3.05, 3.63) is 469 Å². The molecular formula is C112H70N8. The Bertz CT molecular complexity index is 7980. The van der Waals surface area contributed by atoms with Crippen molar-refractivity contribution in [1.82, 2.24) is 38.2 Å². The van der Waals surface area contributed by atoms with Crippen LogP contribution in [0.2, 0.25) is 0 Å². The predicted octanol–water partition coefficient (Wildman–Crippen LogP) is 27.0. The average Bonchev–Trinajstić information content (AvgIpc) is 1.49. The lowest BCUT2D eigenvalue weighted by atomic mass is 9.67. The van der Waals surface area contributed by atoms with Crippen LogP contribution in [0.4, 0.5) is 0 Å². The summed E-state index contributed by atoms with van der Waals surface area (Å²) < 4.78 is 9.84. The summed E-state index contributed by atoms with van der Waals surface area (Å²) in [4.78, 5) is 23.2. The molecule has 0 N–H and O–H groups in total. The summed E-state index contributed by atoms with van der Waals surface area (Å²) in [6, 6.07) is 156. The van der Waals surface area contributed by atoms with Crippen molar-refractivity contribution < 1.29 is 0 Å². The molecule has 120 heavy (non-hydrogen) atoms. The molecule has 0 saturated carbocycles. The first-order valence-corrected chi connectivity index (χ1v) is 41.2. The summed E-state index contributed by atoms with van der Waals surface area (Å²) in [6.45, 7) is 0. The van der Waals surface area contributed by atoms with Crippen molar-refractivity contribution in [3.8, 4) is 90.6 Å². The molecule has 6 heterocycles. The molecule has 8 heteroatoms. The minimum Gasteiger partial charge on any atom is -0.307 e.